The quantitative estimate of drug-likeness (QED) is 0.255. The lowest BCUT2D eigenvalue weighted by Gasteiger charge is -2.38. The second-order valence-corrected chi connectivity index (χ2v) is 10.9. The summed E-state index contributed by atoms with van der Waals surface area (Å²) in [7, 11) is 0. The lowest BCUT2D eigenvalue weighted by molar-refractivity contribution is 0.112. The summed E-state index contributed by atoms with van der Waals surface area (Å²) in [6.45, 7) is 4.28. The first-order valence-corrected chi connectivity index (χ1v) is 13.8. The zero-order valence-electron chi connectivity index (χ0n) is 22.1. The number of nitriles is 1. The number of pyridine rings is 2. The molecule has 0 aromatic carbocycles. The third-order valence-electron chi connectivity index (χ3n) is 8.07. The number of aromatic nitrogens is 5. The highest BCUT2D eigenvalue weighted by Crippen LogP contribution is 2.37. The number of nitrogens with zero attached hydrogens (tertiary/aromatic N) is 7. The van der Waals surface area contributed by atoms with Gasteiger partial charge in [0.1, 0.15) is 17.1 Å². The van der Waals surface area contributed by atoms with Crippen molar-refractivity contribution in [3.05, 3.63) is 64.6 Å². The molecule has 4 aromatic rings. The highest BCUT2D eigenvalue weighted by Gasteiger charge is 2.31. The zero-order valence-corrected chi connectivity index (χ0v) is 22.9. The maximum Gasteiger partial charge on any atom is 0.176 e. The van der Waals surface area contributed by atoms with Crippen LogP contribution in [0.25, 0.3) is 16.8 Å². The maximum atomic E-state index is 13.4. The molecule has 4 aromatic heterocycles. The molecule has 6 rings (SSSR count). The summed E-state index contributed by atoms with van der Waals surface area (Å²) in [4.78, 5) is 6.62. The number of aliphatic hydroxyl groups is 1. The smallest absolute Gasteiger partial charge is 0.176 e. The Balaban J connectivity index is 1.29. The fourth-order valence-corrected chi connectivity index (χ4v) is 6.14. The van der Waals surface area contributed by atoms with E-state index in [1.165, 1.54) is 17.8 Å². The van der Waals surface area contributed by atoms with Crippen LogP contribution in [0.3, 0.4) is 0 Å². The van der Waals surface area contributed by atoms with E-state index in [4.69, 9.17) is 26.7 Å². The van der Waals surface area contributed by atoms with Gasteiger partial charge in [0.2, 0.25) is 0 Å². The van der Waals surface area contributed by atoms with Gasteiger partial charge in [0, 0.05) is 36.9 Å². The second-order valence-electron chi connectivity index (χ2n) is 10.4. The minimum absolute atomic E-state index is 0.288. The van der Waals surface area contributed by atoms with Crippen LogP contribution in [-0.2, 0) is 13.1 Å². The lowest BCUT2D eigenvalue weighted by atomic mass is 9.90. The van der Waals surface area contributed by atoms with Gasteiger partial charge in [0.15, 0.2) is 12.3 Å². The number of aliphatic hydroxyl groups excluding tert-OH is 1. The van der Waals surface area contributed by atoms with Gasteiger partial charge in [-0.05, 0) is 56.4 Å². The molecule has 0 saturated heterocycles. The Hall–Kier alpha value is -3.72. The molecule has 5 heterocycles. The molecule has 0 amide bonds. The summed E-state index contributed by atoms with van der Waals surface area (Å²) in [6, 6.07) is 5.42. The van der Waals surface area contributed by atoms with Crippen molar-refractivity contribution in [1.82, 2.24) is 34.6 Å². The van der Waals surface area contributed by atoms with Crippen LogP contribution in [0.5, 0.6) is 5.75 Å². The van der Waals surface area contributed by atoms with Crippen LogP contribution in [0.1, 0.15) is 48.7 Å². The number of hydrogen-bond acceptors (Lipinski definition) is 8. The van der Waals surface area contributed by atoms with Crippen LogP contribution < -0.4 is 10.1 Å². The molecule has 40 heavy (non-hydrogen) atoms. The summed E-state index contributed by atoms with van der Waals surface area (Å²) in [5.41, 5.74) is 4.86. The molecular formula is C28H30ClFN8O2. The van der Waals surface area contributed by atoms with Gasteiger partial charge >= 0.3 is 0 Å². The molecule has 1 fully saturated rings. The fourth-order valence-electron chi connectivity index (χ4n) is 5.92. The normalized spacial score (nSPS) is 20.2. The van der Waals surface area contributed by atoms with E-state index in [1.807, 2.05) is 12.3 Å². The van der Waals surface area contributed by atoms with Crippen LogP contribution in [0, 0.1) is 24.2 Å². The molecule has 1 aliphatic carbocycles. The van der Waals surface area contributed by atoms with E-state index in [1.54, 1.807) is 10.7 Å². The van der Waals surface area contributed by atoms with E-state index in [9.17, 15) is 9.50 Å². The number of fused-ring (bicyclic) bond motifs is 2. The predicted octanol–water partition coefficient (Wildman–Crippen LogP) is 4.00. The largest absolute Gasteiger partial charge is 0.479 e. The molecule has 0 bridgehead atoms. The van der Waals surface area contributed by atoms with Gasteiger partial charge in [-0.15, -0.1) is 0 Å². The predicted molar refractivity (Wildman–Crippen MR) is 146 cm³/mol. The van der Waals surface area contributed by atoms with Gasteiger partial charge in [0.25, 0.3) is 0 Å². The van der Waals surface area contributed by atoms with Crippen molar-refractivity contribution in [2.75, 3.05) is 13.2 Å². The Labute approximate surface area is 235 Å². The summed E-state index contributed by atoms with van der Waals surface area (Å²) < 4.78 is 23.4. The summed E-state index contributed by atoms with van der Waals surface area (Å²) >= 11 is 6.46. The van der Waals surface area contributed by atoms with E-state index >= 15 is 0 Å². The van der Waals surface area contributed by atoms with E-state index in [2.05, 4.69) is 38.1 Å². The summed E-state index contributed by atoms with van der Waals surface area (Å²) in [5, 5.41) is 31.7. The van der Waals surface area contributed by atoms with Crippen LogP contribution in [0.2, 0.25) is 5.02 Å². The van der Waals surface area contributed by atoms with Gasteiger partial charge in [-0.1, -0.05) is 11.6 Å². The van der Waals surface area contributed by atoms with Crippen molar-refractivity contribution in [3.63, 3.8) is 0 Å². The molecule has 0 unspecified atom stereocenters. The van der Waals surface area contributed by atoms with Crippen molar-refractivity contribution >= 4 is 17.1 Å². The monoisotopic (exact) mass is 564 g/mol. The summed E-state index contributed by atoms with van der Waals surface area (Å²) in [5.74, 6) is -0.0509. The fraction of sp³-hybridized carbons (Fsp3) is 0.429. The number of nitrogens with one attached hydrogen (secondary N) is 1. The Bertz CT molecular complexity index is 1560. The molecule has 1 atom stereocenters. The van der Waals surface area contributed by atoms with E-state index < -0.39 is 11.9 Å². The Morgan fingerprint density at radius 1 is 1.25 bits per heavy atom. The molecule has 2 N–H and O–H groups in total. The Morgan fingerprint density at radius 2 is 2.08 bits per heavy atom. The first kappa shape index (κ1) is 26.5. The van der Waals surface area contributed by atoms with Crippen LogP contribution in [0.4, 0.5) is 4.39 Å². The first-order chi connectivity index (χ1) is 19.4. The lowest BCUT2D eigenvalue weighted by Crippen LogP contribution is -2.45. The highest BCUT2D eigenvalue weighted by atomic mass is 35.5. The minimum atomic E-state index is -0.825. The van der Waals surface area contributed by atoms with Crippen LogP contribution in [0.15, 0.2) is 36.8 Å². The topological polar surface area (TPSA) is 117 Å². The molecular weight excluding hydrogens is 535 g/mol. The number of ether oxygens (including phenoxy) is 1. The zero-order chi connectivity index (χ0) is 27.8. The van der Waals surface area contributed by atoms with Gasteiger partial charge in [0.05, 0.1) is 47.6 Å². The highest BCUT2D eigenvalue weighted by molar-refractivity contribution is 6.34. The van der Waals surface area contributed by atoms with Crippen LogP contribution >= 0.6 is 11.6 Å². The van der Waals surface area contributed by atoms with Gasteiger partial charge in [-0.3, -0.25) is 14.6 Å². The minimum Gasteiger partial charge on any atom is -0.479 e. The molecule has 208 valence electrons. The average molecular weight is 565 g/mol. The van der Waals surface area contributed by atoms with Crippen molar-refractivity contribution < 1.29 is 14.2 Å². The number of rotatable bonds is 7. The van der Waals surface area contributed by atoms with E-state index in [-0.39, 0.29) is 12.6 Å². The average Bonchev–Trinajstić information content (AvgIpc) is 3.52. The van der Waals surface area contributed by atoms with Gasteiger partial charge < -0.3 is 15.2 Å². The molecule has 0 spiro atoms. The van der Waals surface area contributed by atoms with Gasteiger partial charge in [-0.25, -0.2) is 8.91 Å². The van der Waals surface area contributed by atoms with Crippen molar-refractivity contribution in [2.24, 2.45) is 0 Å². The number of hydrogen-bond donors (Lipinski definition) is 2. The van der Waals surface area contributed by atoms with Crippen molar-refractivity contribution in [3.8, 4) is 23.2 Å². The van der Waals surface area contributed by atoms with Crippen molar-refractivity contribution in [2.45, 2.75) is 63.9 Å². The Kier molecular flexibility index (Phi) is 7.31. The molecule has 0 radical (unpaired) electrons. The standard InChI is InChI=1S/C28H30ClFN8O2/c1-17-24-14-36(21-5-3-20(4-6-21)33-16-31)8-9-37(24)35-27(17)18-10-25(28-22(29)12-34-38(28)13-18)40-26(15-39)23-7-2-19(30)11-32-23/h2,7,10-13,20-21,26,33,39H,3-6,8-9,14-15H2,1H3/t20?,21?,26-/m1/s1. The molecule has 2 aliphatic rings. The van der Waals surface area contributed by atoms with Gasteiger partial charge in [-0.2, -0.15) is 15.5 Å². The van der Waals surface area contributed by atoms with Crippen molar-refractivity contribution in [1.29, 1.82) is 5.26 Å². The number of halogens is 2. The third-order valence-corrected chi connectivity index (χ3v) is 8.35. The molecule has 1 aliphatic heterocycles. The maximum absolute atomic E-state index is 13.4. The SMILES string of the molecule is Cc1c(-c2cc(O[C@H](CO)c3ccc(F)cn3)c3c(Cl)cnn3c2)nn2c1CN(C1CCC(NC#N)CC1)CC2. The third kappa shape index (κ3) is 4.98. The Morgan fingerprint density at radius 3 is 2.80 bits per heavy atom. The first-order valence-electron chi connectivity index (χ1n) is 13.5. The van der Waals surface area contributed by atoms with Crippen LogP contribution in [-0.4, -0.2) is 59.6 Å². The molecule has 10 nitrogen and oxygen atoms in total. The van der Waals surface area contributed by atoms with E-state index in [0.29, 0.717) is 28.0 Å². The second kappa shape index (κ2) is 11.0. The van der Waals surface area contributed by atoms with E-state index in [0.717, 1.165) is 68.3 Å². The molecule has 1 saturated carbocycles. The molecule has 12 heteroatoms. The summed E-state index contributed by atoms with van der Waals surface area (Å²) in [6.07, 6.45) is 9.94.